The number of likely N-dealkylation sites (N-methyl/N-ethyl adjacent to an activating group) is 1. The van der Waals surface area contributed by atoms with Gasteiger partial charge in [-0.05, 0) is 12.1 Å². The Bertz CT molecular complexity index is 340. The zero-order valence-electron chi connectivity index (χ0n) is 6.77. The van der Waals surface area contributed by atoms with E-state index >= 15 is 0 Å². The molecule has 62 valence electrons. The van der Waals surface area contributed by atoms with E-state index in [1.54, 1.807) is 22.9 Å². The minimum atomic E-state index is 0.00111. The molecule has 0 fully saturated rings. The lowest BCUT2D eigenvalue weighted by Gasteiger charge is -2.17. The number of aliphatic imine (C=N–C) groups is 1. The summed E-state index contributed by atoms with van der Waals surface area (Å²) >= 11 is 0. The largest absolute Gasteiger partial charge is 0.281 e. The maximum Gasteiger partial charge on any atom is 0.262 e. The highest BCUT2D eigenvalue weighted by Crippen LogP contribution is 2.03. The van der Waals surface area contributed by atoms with Crippen LogP contribution in [0.5, 0.6) is 0 Å². The molecule has 0 aromatic carbocycles. The molecule has 1 aliphatic heterocycles. The lowest BCUT2D eigenvalue weighted by molar-refractivity contribution is -0.118. The summed E-state index contributed by atoms with van der Waals surface area (Å²) in [6.45, 7) is 0.234. The van der Waals surface area contributed by atoms with Gasteiger partial charge in [0.25, 0.3) is 5.91 Å². The Morgan fingerprint density at radius 1 is 1.58 bits per heavy atom. The van der Waals surface area contributed by atoms with Crippen LogP contribution in [0.2, 0.25) is 0 Å². The summed E-state index contributed by atoms with van der Waals surface area (Å²) in [6, 6.07) is 3.80. The third kappa shape index (κ3) is 0.922. The van der Waals surface area contributed by atoms with Crippen molar-refractivity contribution in [2.75, 3.05) is 18.6 Å². The highest BCUT2D eigenvalue weighted by molar-refractivity contribution is 5.92. The molecule has 0 radical (unpaired) electrons. The third-order valence-corrected chi connectivity index (χ3v) is 1.89. The second kappa shape index (κ2) is 2.48. The van der Waals surface area contributed by atoms with Crippen molar-refractivity contribution in [1.82, 2.24) is 4.68 Å². The van der Waals surface area contributed by atoms with Crippen LogP contribution >= 0.6 is 0 Å². The first kappa shape index (κ1) is 7.09. The van der Waals surface area contributed by atoms with Crippen LogP contribution in [0.25, 0.3) is 0 Å². The molecule has 0 unspecified atom stereocenters. The minimum absolute atomic E-state index is 0.00111. The second-order valence-electron chi connectivity index (χ2n) is 2.66. The van der Waals surface area contributed by atoms with Gasteiger partial charge in [-0.3, -0.25) is 19.5 Å². The number of rotatable bonds is 0. The monoisotopic (exact) mass is 163 g/mol. The zero-order valence-corrected chi connectivity index (χ0v) is 6.77. The number of amides is 1. The molecular formula is C8H9N3O. The molecule has 0 N–H and O–H groups in total. The molecule has 2 heterocycles. The molecule has 0 saturated heterocycles. The van der Waals surface area contributed by atoms with E-state index < -0.39 is 0 Å². The van der Waals surface area contributed by atoms with Crippen LogP contribution in [0, 0.1) is 0 Å². The Kier molecular flexibility index (Phi) is 1.46. The SMILES string of the molecule is CN1C(=O)CN=Cc2cccn21. The summed E-state index contributed by atoms with van der Waals surface area (Å²) in [4.78, 5) is 15.2. The first-order chi connectivity index (χ1) is 5.79. The topological polar surface area (TPSA) is 37.6 Å². The van der Waals surface area contributed by atoms with E-state index in [0.29, 0.717) is 0 Å². The molecule has 4 heteroatoms. The molecule has 0 saturated carbocycles. The fraction of sp³-hybridized carbons (Fsp3) is 0.250. The van der Waals surface area contributed by atoms with Gasteiger partial charge in [-0.1, -0.05) is 0 Å². The molecule has 2 rings (SSSR count). The Morgan fingerprint density at radius 3 is 3.25 bits per heavy atom. The van der Waals surface area contributed by atoms with Gasteiger partial charge in [0.05, 0.1) is 5.69 Å². The predicted molar refractivity (Wildman–Crippen MR) is 46.0 cm³/mol. The van der Waals surface area contributed by atoms with E-state index in [1.807, 2.05) is 18.3 Å². The number of carbonyl (C=O) groups excluding carboxylic acids is 1. The van der Waals surface area contributed by atoms with Crippen LogP contribution in [-0.4, -0.2) is 30.4 Å². The van der Waals surface area contributed by atoms with E-state index in [0.717, 1.165) is 5.69 Å². The number of aromatic nitrogens is 1. The molecule has 0 atom stereocenters. The zero-order chi connectivity index (χ0) is 8.55. The van der Waals surface area contributed by atoms with Crippen LogP contribution in [0.1, 0.15) is 5.69 Å². The normalized spacial score (nSPS) is 16.1. The maximum atomic E-state index is 11.3. The first-order valence-corrected chi connectivity index (χ1v) is 3.73. The van der Waals surface area contributed by atoms with Crippen LogP contribution in [0.4, 0.5) is 0 Å². The molecule has 1 aromatic rings. The lowest BCUT2D eigenvalue weighted by Crippen LogP contribution is -2.37. The Labute approximate surface area is 70.1 Å². The summed E-state index contributed by atoms with van der Waals surface area (Å²) in [7, 11) is 1.74. The quantitative estimate of drug-likeness (QED) is 0.531. The summed E-state index contributed by atoms with van der Waals surface area (Å²) in [5.41, 5.74) is 0.934. The average molecular weight is 163 g/mol. The number of nitrogens with zero attached hydrogens (tertiary/aromatic N) is 3. The second-order valence-corrected chi connectivity index (χ2v) is 2.66. The van der Waals surface area contributed by atoms with Crippen LogP contribution < -0.4 is 5.01 Å². The number of hydrogen-bond acceptors (Lipinski definition) is 2. The van der Waals surface area contributed by atoms with Gasteiger partial charge in [0.15, 0.2) is 0 Å². The van der Waals surface area contributed by atoms with Gasteiger partial charge in [0, 0.05) is 19.5 Å². The highest BCUT2D eigenvalue weighted by Gasteiger charge is 2.13. The molecule has 1 aromatic heterocycles. The molecule has 0 bridgehead atoms. The van der Waals surface area contributed by atoms with Gasteiger partial charge in [0.2, 0.25) is 0 Å². The molecule has 0 spiro atoms. The van der Waals surface area contributed by atoms with Gasteiger partial charge in [-0.2, -0.15) is 0 Å². The van der Waals surface area contributed by atoms with Gasteiger partial charge in [0.1, 0.15) is 6.54 Å². The van der Waals surface area contributed by atoms with E-state index in [4.69, 9.17) is 0 Å². The van der Waals surface area contributed by atoms with Gasteiger partial charge < -0.3 is 0 Å². The van der Waals surface area contributed by atoms with Crippen molar-refractivity contribution in [3.8, 4) is 0 Å². The van der Waals surface area contributed by atoms with Gasteiger partial charge in [-0.25, -0.2) is 0 Å². The molecular weight excluding hydrogens is 154 g/mol. The Hall–Kier alpha value is -1.58. The molecule has 12 heavy (non-hydrogen) atoms. The lowest BCUT2D eigenvalue weighted by atomic mass is 10.5. The Balaban J connectivity index is 2.51. The van der Waals surface area contributed by atoms with E-state index in [9.17, 15) is 4.79 Å². The van der Waals surface area contributed by atoms with Crippen LogP contribution in [-0.2, 0) is 4.79 Å². The summed E-state index contributed by atoms with van der Waals surface area (Å²) < 4.78 is 1.78. The fourth-order valence-corrected chi connectivity index (χ4v) is 1.20. The Morgan fingerprint density at radius 2 is 2.42 bits per heavy atom. The summed E-state index contributed by atoms with van der Waals surface area (Å²) in [5, 5.41) is 1.56. The maximum absolute atomic E-state index is 11.3. The highest BCUT2D eigenvalue weighted by atomic mass is 16.2. The summed E-state index contributed by atoms with van der Waals surface area (Å²) in [5.74, 6) is 0.00111. The number of fused-ring (bicyclic) bond motifs is 1. The van der Waals surface area contributed by atoms with E-state index in [2.05, 4.69) is 4.99 Å². The number of hydrogen-bond donors (Lipinski definition) is 0. The predicted octanol–water partition coefficient (Wildman–Crippen LogP) is 0.0150. The third-order valence-electron chi connectivity index (χ3n) is 1.89. The van der Waals surface area contributed by atoms with Crippen molar-refractivity contribution in [1.29, 1.82) is 0 Å². The number of carbonyl (C=O) groups is 1. The smallest absolute Gasteiger partial charge is 0.262 e. The average Bonchev–Trinajstić information content (AvgIpc) is 2.46. The van der Waals surface area contributed by atoms with Crippen molar-refractivity contribution in [2.24, 2.45) is 4.99 Å². The van der Waals surface area contributed by atoms with Gasteiger partial charge in [-0.15, -0.1) is 0 Å². The molecule has 1 aliphatic rings. The van der Waals surface area contributed by atoms with E-state index in [1.165, 1.54) is 0 Å². The fourth-order valence-electron chi connectivity index (χ4n) is 1.20. The van der Waals surface area contributed by atoms with Crippen molar-refractivity contribution in [3.63, 3.8) is 0 Å². The van der Waals surface area contributed by atoms with Crippen LogP contribution in [0.3, 0.4) is 0 Å². The van der Waals surface area contributed by atoms with Crippen molar-refractivity contribution in [3.05, 3.63) is 24.0 Å². The summed E-state index contributed by atoms with van der Waals surface area (Å²) in [6.07, 6.45) is 3.55. The standard InChI is InChI=1S/C8H9N3O/c1-10-8(12)6-9-5-7-3-2-4-11(7)10/h2-5H,6H2,1H3. The van der Waals surface area contributed by atoms with Crippen LogP contribution in [0.15, 0.2) is 23.3 Å². The molecule has 4 nitrogen and oxygen atoms in total. The van der Waals surface area contributed by atoms with E-state index in [-0.39, 0.29) is 12.5 Å². The first-order valence-electron chi connectivity index (χ1n) is 3.73. The van der Waals surface area contributed by atoms with Crippen molar-refractivity contribution in [2.45, 2.75) is 0 Å². The molecule has 0 aliphatic carbocycles. The van der Waals surface area contributed by atoms with Gasteiger partial charge >= 0.3 is 0 Å². The molecule has 1 amide bonds. The van der Waals surface area contributed by atoms with Crippen molar-refractivity contribution < 1.29 is 4.79 Å². The van der Waals surface area contributed by atoms with Crippen molar-refractivity contribution >= 4 is 12.1 Å². The minimum Gasteiger partial charge on any atom is -0.281 e.